The summed E-state index contributed by atoms with van der Waals surface area (Å²) in [5, 5.41) is 0.350. The molecular formula is C14H18N6OS. The lowest BCUT2D eigenvalue weighted by Gasteiger charge is -2.18. The molecule has 2 aromatic rings. The summed E-state index contributed by atoms with van der Waals surface area (Å²) in [6.07, 6.45) is 0. The molecule has 7 nitrogen and oxygen atoms in total. The van der Waals surface area contributed by atoms with Gasteiger partial charge in [0.2, 0.25) is 17.8 Å². The average molecular weight is 318 g/mol. The molecule has 0 aliphatic carbocycles. The third kappa shape index (κ3) is 4.32. The molecule has 1 amide bonds. The van der Waals surface area contributed by atoms with Gasteiger partial charge in [0.25, 0.3) is 0 Å². The lowest BCUT2D eigenvalue weighted by Crippen LogP contribution is -2.28. The molecule has 0 aliphatic rings. The summed E-state index contributed by atoms with van der Waals surface area (Å²) in [6.45, 7) is 2.59. The number of thioether (sulfide) groups is 1. The second-order valence-corrected chi connectivity index (χ2v) is 5.74. The summed E-state index contributed by atoms with van der Waals surface area (Å²) in [6, 6.07) is 7.98. The molecule has 0 radical (unpaired) electrons. The van der Waals surface area contributed by atoms with Gasteiger partial charge in [-0.3, -0.25) is 4.79 Å². The van der Waals surface area contributed by atoms with Crippen LogP contribution in [0.1, 0.15) is 11.1 Å². The van der Waals surface area contributed by atoms with E-state index in [9.17, 15) is 4.79 Å². The van der Waals surface area contributed by atoms with Crippen LogP contribution in [0.4, 0.5) is 11.9 Å². The number of amides is 1. The first kappa shape index (κ1) is 16.0. The van der Waals surface area contributed by atoms with E-state index in [1.165, 1.54) is 11.8 Å². The van der Waals surface area contributed by atoms with Crippen LogP contribution in [0.5, 0.6) is 0 Å². The van der Waals surface area contributed by atoms with Gasteiger partial charge in [-0.15, -0.1) is 0 Å². The highest BCUT2D eigenvalue weighted by molar-refractivity contribution is 7.99. The van der Waals surface area contributed by atoms with Crippen LogP contribution in [0, 0.1) is 6.92 Å². The Morgan fingerprint density at radius 3 is 2.45 bits per heavy atom. The fourth-order valence-electron chi connectivity index (χ4n) is 1.82. The Labute approximate surface area is 133 Å². The van der Waals surface area contributed by atoms with E-state index in [4.69, 9.17) is 11.5 Å². The van der Waals surface area contributed by atoms with Crippen LogP contribution in [0.3, 0.4) is 0 Å². The fourth-order valence-corrected chi connectivity index (χ4v) is 2.61. The van der Waals surface area contributed by atoms with Gasteiger partial charge in [0.05, 0.1) is 5.75 Å². The third-order valence-electron chi connectivity index (χ3n) is 3.07. The zero-order valence-corrected chi connectivity index (χ0v) is 13.3. The molecule has 0 aliphatic heterocycles. The smallest absolute Gasteiger partial charge is 0.233 e. The molecule has 0 unspecified atom stereocenters. The molecule has 0 saturated heterocycles. The van der Waals surface area contributed by atoms with Crippen molar-refractivity contribution in [2.45, 2.75) is 18.6 Å². The number of anilines is 2. The monoisotopic (exact) mass is 318 g/mol. The summed E-state index contributed by atoms with van der Waals surface area (Å²) >= 11 is 1.19. The second kappa shape index (κ2) is 7.08. The Kier molecular flexibility index (Phi) is 5.16. The Balaban J connectivity index is 1.93. The van der Waals surface area contributed by atoms with Crippen molar-refractivity contribution in [3.05, 3.63) is 35.4 Å². The van der Waals surface area contributed by atoms with Crippen LogP contribution in [-0.4, -0.2) is 38.6 Å². The zero-order chi connectivity index (χ0) is 16.1. The van der Waals surface area contributed by atoms with E-state index in [0.717, 1.165) is 11.1 Å². The van der Waals surface area contributed by atoms with Crippen molar-refractivity contribution in [2.24, 2.45) is 0 Å². The second-order valence-electron chi connectivity index (χ2n) is 4.80. The Bertz CT molecular complexity index is 658. The van der Waals surface area contributed by atoms with Gasteiger partial charge in [0, 0.05) is 13.6 Å². The number of nitrogen functional groups attached to an aromatic ring is 2. The minimum atomic E-state index is -0.0224. The van der Waals surface area contributed by atoms with Crippen LogP contribution in [0.2, 0.25) is 0 Å². The summed E-state index contributed by atoms with van der Waals surface area (Å²) in [4.78, 5) is 25.4. The molecule has 8 heteroatoms. The number of hydrogen-bond acceptors (Lipinski definition) is 7. The highest BCUT2D eigenvalue weighted by Crippen LogP contribution is 2.16. The summed E-state index contributed by atoms with van der Waals surface area (Å²) in [7, 11) is 1.77. The van der Waals surface area contributed by atoms with Crippen LogP contribution in [0.15, 0.2) is 29.4 Å². The molecule has 1 aromatic heterocycles. The van der Waals surface area contributed by atoms with Crippen LogP contribution in [-0.2, 0) is 11.3 Å². The number of carbonyl (C=O) groups excluding carboxylic acids is 1. The highest BCUT2D eigenvalue weighted by atomic mass is 32.2. The van der Waals surface area contributed by atoms with E-state index in [1.807, 2.05) is 31.2 Å². The molecule has 4 N–H and O–H groups in total. The molecule has 0 fully saturated rings. The quantitative estimate of drug-likeness (QED) is 0.794. The lowest BCUT2D eigenvalue weighted by atomic mass is 10.1. The maximum Gasteiger partial charge on any atom is 0.233 e. The van der Waals surface area contributed by atoms with E-state index >= 15 is 0 Å². The first-order valence-corrected chi connectivity index (χ1v) is 7.62. The SMILES string of the molecule is Cc1ccccc1CN(C)C(=O)CSc1nc(N)nc(N)n1. The maximum atomic E-state index is 12.2. The predicted molar refractivity (Wildman–Crippen MR) is 87.0 cm³/mol. The maximum absolute atomic E-state index is 12.2. The number of hydrogen-bond donors (Lipinski definition) is 2. The lowest BCUT2D eigenvalue weighted by molar-refractivity contribution is -0.127. The molecule has 0 bridgehead atoms. The highest BCUT2D eigenvalue weighted by Gasteiger charge is 2.12. The number of aromatic nitrogens is 3. The Hall–Kier alpha value is -2.35. The Morgan fingerprint density at radius 1 is 1.18 bits per heavy atom. The molecule has 1 aromatic carbocycles. The normalized spacial score (nSPS) is 10.5. The Morgan fingerprint density at radius 2 is 1.82 bits per heavy atom. The van der Waals surface area contributed by atoms with Gasteiger partial charge < -0.3 is 16.4 Å². The predicted octanol–water partition coefficient (Wildman–Crippen LogP) is 1.10. The first-order valence-electron chi connectivity index (χ1n) is 6.64. The van der Waals surface area contributed by atoms with E-state index in [0.29, 0.717) is 11.7 Å². The van der Waals surface area contributed by atoms with Gasteiger partial charge in [0.15, 0.2) is 5.16 Å². The molecule has 116 valence electrons. The fraction of sp³-hybridized carbons (Fsp3) is 0.286. The first-order chi connectivity index (χ1) is 10.5. The number of carbonyl (C=O) groups is 1. The van der Waals surface area contributed by atoms with Crippen molar-refractivity contribution < 1.29 is 4.79 Å². The number of benzene rings is 1. The summed E-state index contributed by atoms with van der Waals surface area (Å²) in [5.41, 5.74) is 13.3. The molecule has 0 atom stereocenters. The van der Waals surface area contributed by atoms with Gasteiger partial charge in [-0.25, -0.2) is 0 Å². The van der Waals surface area contributed by atoms with Gasteiger partial charge in [0.1, 0.15) is 0 Å². The van der Waals surface area contributed by atoms with Gasteiger partial charge in [-0.05, 0) is 18.1 Å². The molecular weight excluding hydrogens is 300 g/mol. The van der Waals surface area contributed by atoms with Crippen LogP contribution in [0.25, 0.3) is 0 Å². The van der Waals surface area contributed by atoms with Gasteiger partial charge in [-0.1, -0.05) is 36.0 Å². The molecule has 1 heterocycles. The van der Waals surface area contributed by atoms with Crippen molar-refractivity contribution in [3.8, 4) is 0 Å². The standard InChI is InChI=1S/C14H18N6OS/c1-9-5-3-4-6-10(9)7-20(2)11(21)8-22-14-18-12(15)17-13(16)19-14/h3-6H,7-8H2,1-2H3,(H4,15,16,17,18,19). The van der Waals surface area contributed by atoms with E-state index in [2.05, 4.69) is 15.0 Å². The molecule has 22 heavy (non-hydrogen) atoms. The van der Waals surface area contributed by atoms with Crippen molar-refractivity contribution in [1.29, 1.82) is 0 Å². The van der Waals surface area contributed by atoms with Crippen molar-refractivity contribution in [3.63, 3.8) is 0 Å². The van der Waals surface area contributed by atoms with Crippen molar-refractivity contribution >= 4 is 29.6 Å². The number of aryl methyl sites for hydroxylation is 1. The van der Waals surface area contributed by atoms with Crippen molar-refractivity contribution in [1.82, 2.24) is 19.9 Å². The number of nitrogens with two attached hydrogens (primary N) is 2. The topological polar surface area (TPSA) is 111 Å². The van der Waals surface area contributed by atoms with E-state index in [1.54, 1.807) is 11.9 Å². The van der Waals surface area contributed by atoms with Crippen LogP contribution >= 0.6 is 11.8 Å². The summed E-state index contributed by atoms with van der Waals surface area (Å²) < 4.78 is 0. The van der Waals surface area contributed by atoms with Gasteiger partial charge in [-0.2, -0.15) is 15.0 Å². The molecule has 0 spiro atoms. The van der Waals surface area contributed by atoms with E-state index < -0.39 is 0 Å². The zero-order valence-electron chi connectivity index (χ0n) is 12.5. The van der Waals surface area contributed by atoms with Crippen molar-refractivity contribution in [2.75, 3.05) is 24.3 Å². The third-order valence-corrected chi connectivity index (χ3v) is 3.90. The van der Waals surface area contributed by atoms with Crippen LogP contribution < -0.4 is 11.5 Å². The summed E-state index contributed by atoms with van der Waals surface area (Å²) in [5.74, 6) is 0.294. The average Bonchev–Trinajstić information content (AvgIpc) is 2.46. The minimum absolute atomic E-state index is 0.0224. The molecule has 2 rings (SSSR count). The number of rotatable bonds is 5. The van der Waals surface area contributed by atoms with Gasteiger partial charge >= 0.3 is 0 Å². The molecule has 0 saturated carbocycles. The largest absolute Gasteiger partial charge is 0.368 e. The number of nitrogens with zero attached hydrogens (tertiary/aromatic N) is 4. The van der Waals surface area contributed by atoms with E-state index in [-0.39, 0.29) is 23.6 Å². The minimum Gasteiger partial charge on any atom is -0.368 e.